The molecule has 2 aliphatic carbocycles. The Hall–Kier alpha value is -4.06. The van der Waals surface area contributed by atoms with Crippen LogP contribution in [0.25, 0.3) is 10.9 Å². The average Bonchev–Trinajstić information content (AvgIpc) is 3.37. The molecule has 2 amide bonds. The van der Waals surface area contributed by atoms with Crippen molar-refractivity contribution in [3.63, 3.8) is 0 Å². The van der Waals surface area contributed by atoms with E-state index in [1.54, 1.807) is 7.11 Å². The van der Waals surface area contributed by atoms with Gasteiger partial charge in [0.25, 0.3) is 0 Å². The largest absolute Gasteiger partial charge is 0.497 e. The molecule has 0 aliphatic heterocycles. The number of aromatic amines is 1. The molecule has 43 heavy (non-hydrogen) atoms. The molecule has 2 aliphatic rings. The Morgan fingerprint density at radius 3 is 2.30 bits per heavy atom. The second kappa shape index (κ2) is 11.6. The number of carbonyl (C=O) groups excluding carboxylic acids is 2. The molecule has 0 bridgehead atoms. The highest BCUT2D eigenvalue weighted by atomic mass is 16.5. The predicted octanol–water partition coefficient (Wildman–Crippen LogP) is 7.99. The number of carbonyl (C=O) groups is 2. The Bertz CT molecular complexity index is 1600. The molecule has 1 aromatic heterocycles. The van der Waals surface area contributed by atoms with Crippen molar-refractivity contribution in [1.29, 1.82) is 0 Å². The van der Waals surface area contributed by atoms with Crippen LogP contribution in [-0.2, 0) is 16.1 Å². The van der Waals surface area contributed by atoms with E-state index in [4.69, 9.17) is 4.74 Å². The van der Waals surface area contributed by atoms with Crippen molar-refractivity contribution in [1.82, 2.24) is 9.88 Å². The summed E-state index contributed by atoms with van der Waals surface area (Å²) in [6.07, 6.45) is 4.64. The van der Waals surface area contributed by atoms with E-state index in [0.717, 1.165) is 36.1 Å². The topological polar surface area (TPSA) is 74.4 Å². The lowest BCUT2D eigenvalue weighted by molar-refractivity contribution is -0.149. The van der Waals surface area contributed by atoms with Gasteiger partial charge in [0.05, 0.1) is 7.11 Å². The molecule has 6 heteroatoms. The molecule has 0 saturated heterocycles. The van der Waals surface area contributed by atoms with E-state index in [9.17, 15) is 9.59 Å². The first kappa shape index (κ1) is 29.0. The summed E-state index contributed by atoms with van der Waals surface area (Å²) in [6, 6.07) is 26.0. The second-order valence-corrected chi connectivity index (χ2v) is 13.1. The van der Waals surface area contributed by atoms with Gasteiger partial charge in [-0.15, -0.1) is 0 Å². The molecule has 2 fully saturated rings. The van der Waals surface area contributed by atoms with Crippen LogP contribution in [0.2, 0.25) is 0 Å². The fourth-order valence-electron chi connectivity index (χ4n) is 7.62. The van der Waals surface area contributed by atoms with Gasteiger partial charge in [-0.2, -0.15) is 0 Å². The summed E-state index contributed by atoms with van der Waals surface area (Å²) in [5.74, 6) is 1.18. The van der Waals surface area contributed by atoms with Gasteiger partial charge < -0.3 is 19.9 Å². The van der Waals surface area contributed by atoms with E-state index in [2.05, 4.69) is 67.5 Å². The zero-order valence-corrected chi connectivity index (χ0v) is 25.8. The highest BCUT2D eigenvalue weighted by Gasteiger charge is 2.60. The summed E-state index contributed by atoms with van der Waals surface area (Å²) in [6.45, 7) is 7.13. The molecule has 0 radical (unpaired) electrons. The van der Waals surface area contributed by atoms with E-state index in [1.165, 1.54) is 16.6 Å². The highest BCUT2D eigenvalue weighted by Crippen LogP contribution is 2.67. The van der Waals surface area contributed by atoms with Crippen LogP contribution in [-0.4, -0.2) is 34.3 Å². The minimum atomic E-state index is -0.906. The molecule has 0 unspecified atom stereocenters. The molecular weight excluding hydrogens is 534 g/mol. The lowest BCUT2D eigenvalue weighted by atomic mass is 9.78. The van der Waals surface area contributed by atoms with Crippen molar-refractivity contribution in [3.05, 3.63) is 95.7 Å². The number of benzene rings is 3. The third-order valence-electron chi connectivity index (χ3n) is 10.2. The zero-order valence-electron chi connectivity index (χ0n) is 25.8. The minimum Gasteiger partial charge on any atom is -0.497 e. The summed E-state index contributed by atoms with van der Waals surface area (Å²) in [5.41, 5.74) is 4.48. The van der Waals surface area contributed by atoms with Gasteiger partial charge in [0.1, 0.15) is 11.3 Å². The van der Waals surface area contributed by atoms with Gasteiger partial charge in [-0.1, -0.05) is 81.6 Å². The maximum absolute atomic E-state index is 14.6. The average molecular weight is 578 g/mol. The Kier molecular flexibility index (Phi) is 7.80. The minimum absolute atomic E-state index is 0.0190. The van der Waals surface area contributed by atoms with Gasteiger partial charge in [0.15, 0.2) is 0 Å². The SMILES string of the molecule is COc1ccc(NC(=O)C2(N(Cc3ccccc3)C(=O)C[C@H]3[C@@H](c4c(C)[nH]c5ccccc45)C3(C)C)CCCCC2)cc1. The smallest absolute Gasteiger partial charge is 0.250 e. The molecule has 2 atom stereocenters. The van der Waals surface area contributed by atoms with Crippen LogP contribution in [0.1, 0.15) is 75.1 Å². The van der Waals surface area contributed by atoms with Gasteiger partial charge in [-0.25, -0.2) is 0 Å². The molecule has 224 valence electrons. The molecule has 0 spiro atoms. The third kappa shape index (κ3) is 5.44. The maximum atomic E-state index is 14.6. The van der Waals surface area contributed by atoms with E-state index in [-0.39, 0.29) is 29.1 Å². The lowest BCUT2D eigenvalue weighted by Crippen LogP contribution is -2.59. The number of nitrogens with zero attached hydrogens (tertiary/aromatic N) is 1. The number of rotatable bonds is 9. The molecule has 2 saturated carbocycles. The van der Waals surface area contributed by atoms with Crippen molar-refractivity contribution in [3.8, 4) is 5.75 Å². The predicted molar refractivity (Wildman–Crippen MR) is 172 cm³/mol. The number of hydrogen-bond acceptors (Lipinski definition) is 3. The van der Waals surface area contributed by atoms with E-state index in [1.807, 2.05) is 47.4 Å². The summed E-state index contributed by atoms with van der Waals surface area (Å²) >= 11 is 0. The Morgan fingerprint density at radius 1 is 0.930 bits per heavy atom. The van der Waals surface area contributed by atoms with E-state index in [0.29, 0.717) is 31.5 Å². The van der Waals surface area contributed by atoms with Crippen LogP contribution >= 0.6 is 0 Å². The van der Waals surface area contributed by atoms with E-state index >= 15 is 0 Å². The number of aryl methyl sites for hydroxylation is 1. The quantitative estimate of drug-likeness (QED) is 0.212. The van der Waals surface area contributed by atoms with Crippen molar-refractivity contribution < 1.29 is 14.3 Å². The monoisotopic (exact) mass is 577 g/mol. The van der Waals surface area contributed by atoms with Crippen LogP contribution in [0.4, 0.5) is 5.69 Å². The fourth-order valence-corrected chi connectivity index (χ4v) is 7.62. The lowest BCUT2D eigenvalue weighted by Gasteiger charge is -2.45. The normalized spacial score (nSPS) is 20.4. The summed E-state index contributed by atoms with van der Waals surface area (Å²) in [7, 11) is 1.63. The van der Waals surface area contributed by atoms with Crippen LogP contribution in [0.3, 0.4) is 0 Å². The van der Waals surface area contributed by atoms with Crippen LogP contribution in [0, 0.1) is 18.3 Å². The number of anilines is 1. The number of nitrogens with one attached hydrogen (secondary N) is 2. The van der Waals surface area contributed by atoms with Gasteiger partial charge in [0.2, 0.25) is 11.8 Å². The number of H-pyrrole nitrogens is 1. The zero-order chi connectivity index (χ0) is 30.2. The van der Waals surface area contributed by atoms with Crippen LogP contribution < -0.4 is 10.1 Å². The summed E-state index contributed by atoms with van der Waals surface area (Å²) in [4.78, 5) is 34.4. The van der Waals surface area contributed by atoms with Crippen LogP contribution in [0.15, 0.2) is 78.9 Å². The molecule has 6 nitrogen and oxygen atoms in total. The molecule has 3 aromatic carbocycles. The first-order valence-electron chi connectivity index (χ1n) is 15.6. The van der Waals surface area contributed by atoms with Gasteiger partial charge in [0, 0.05) is 35.2 Å². The molecular formula is C37H43N3O3. The van der Waals surface area contributed by atoms with E-state index < -0.39 is 5.54 Å². The molecule has 2 N–H and O–H groups in total. The maximum Gasteiger partial charge on any atom is 0.250 e. The number of hydrogen-bond donors (Lipinski definition) is 2. The number of amides is 2. The third-order valence-corrected chi connectivity index (χ3v) is 10.2. The number of fused-ring (bicyclic) bond motifs is 1. The Morgan fingerprint density at radius 2 is 1.60 bits per heavy atom. The standard InChI is InChI=1S/C37H43N3O3/c1-25-33(29-15-9-10-16-31(29)38-25)34-30(36(34,2)3)23-32(41)40(24-26-13-7-5-8-14-26)37(21-11-6-12-22-37)35(42)39-27-17-19-28(43-4)20-18-27/h5,7-10,13-20,30,34,38H,6,11-12,21-24H2,1-4H3,(H,39,42)/t30-,34-/m0/s1. The number of ether oxygens (including phenoxy) is 1. The van der Waals surface area contributed by atoms with Crippen molar-refractivity contribution in [2.45, 2.75) is 77.3 Å². The van der Waals surface area contributed by atoms with Gasteiger partial charge >= 0.3 is 0 Å². The first-order valence-corrected chi connectivity index (χ1v) is 15.6. The number of methoxy groups -OCH3 is 1. The molecule has 4 aromatic rings. The van der Waals surface area contributed by atoms with Gasteiger partial charge in [-0.3, -0.25) is 9.59 Å². The van der Waals surface area contributed by atoms with Crippen LogP contribution in [0.5, 0.6) is 5.75 Å². The van der Waals surface area contributed by atoms with Crippen molar-refractivity contribution in [2.24, 2.45) is 11.3 Å². The number of para-hydroxylation sites is 1. The molecule has 1 heterocycles. The molecule has 6 rings (SSSR count). The summed E-state index contributed by atoms with van der Waals surface area (Å²) < 4.78 is 5.30. The van der Waals surface area contributed by atoms with Crippen molar-refractivity contribution >= 4 is 28.4 Å². The fraction of sp³-hybridized carbons (Fsp3) is 0.405. The van der Waals surface area contributed by atoms with Crippen molar-refractivity contribution in [2.75, 3.05) is 12.4 Å². The summed E-state index contributed by atoms with van der Waals surface area (Å²) in [5, 5.41) is 4.42. The van der Waals surface area contributed by atoms with Gasteiger partial charge in [-0.05, 0) is 78.5 Å². The highest BCUT2D eigenvalue weighted by molar-refractivity contribution is 6.01. The Balaban J connectivity index is 1.32. The Labute approximate surface area is 254 Å². The first-order chi connectivity index (χ1) is 20.7. The second-order valence-electron chi connectivity index (χ2n) is 13.1. The number of aromatic nitrogens is 1.